The molecule has 1 heterocycles. The minimum absolute atomic E-state index is 0.217. The number of rotatable bonds is 4. The van der Waals surface area contributed by atoms with Gasteiger partial charge in [-0.3, -0.25) is 9.59 Å². The van der Waals surface area contributed by atoms with Crippen molar-refractivity contribution >= 4 is 23.3 Å². The van der Waals surface area contributed by atoms with Crippen molar-refractivity contribution in [2.75, 3.05) is 12.4 Å². The number of piperidine rings is 1. The van der Waals surface area contributed by atoms with Crippen LogP contribution in [-0.4, -0.2) is 41.5 Å². The van der Waals surface area contributed by atoms with Crippen molar-refractivity contribution < 1.29 is 18.4 Å². The first kappa shape index (κ1) is 14.4. The van der Waals surface area contributed by atoms with E-state index in [0.717, 1.165) is 11.3 Å². The molecule has 1 rings (SSSR count). The lowest BCUT2D eigenvalue weighted by Crippen LogP contribution is -2.52. The van der Waals surface area contributed by atoms with Crippen LogP contribution in [-0.2, 0) is 9.59 Å². The molecule has 0 aliphatic carbocycles. The highest BCUT2D eigenvalue weighted by molar-refractivity contribution is 6.28. The summed E-state index contributed by atoms with van der Waals surface area (Å²) >= 11 is 5.45. The van der Waals surface area contributed by atoms with Gasteiger partial charge in [-0.15, -0.1) is 11.6 Å². The van der Waals surface area contributed by atoms with Gasteiger partial charge in [0.2, 0.25) is 0 Å². The molecule has 1 fully saturated rings. The molecular formula is C11H16ClF2NO2. The molecule has 98 valence electrons. The minimum Gasteiger partial charge on any atom is -0.328 e. The summed E-state index contributed by atoms with van der Waals surface area (Å²) in [5.41, 5.74) is 0. The Morgan fingerprint density at radius 1 is 1.47 bits per heavy atom. The summed E-state index contributed by atoms with van der Waals surface area (Å²) in [6, 6.07) is -0.771. The molecule has 6 heteroatoms. The molecule has 1 aliphatic heterocycles. The Bertz CT molecular complexity index is 299. The van der Waals surface area contributed by atoms with Crippen LogP contribution in [0.3, 0.4) is 0 Å². The van der Waals surface area contributed by atoms with Crippen LogP contribution in [0.25, 0.3) is 0 Å². The first-order valence-corrected chi connectivity index (χ1v) is 6.22. The van der Waals surface area contributed by atoms with Crippen LogP contribution >= 0.6 is 11.6 Å². The van der Waals surface area contributed by atoms with Crippen molar-refractivity contribution in [3.63, 3.8) is 0 Å². The molecule has 0 spiro atoms. The van der Waals surface area contributed by atoms with Gasteiger partial charge in [0, 0.05) is 6.54 Å². The number of Topliss-reactive ketones (excluding diaryl/α,β-unsaturated/α-hetero) is 1. The molecule has 2 atom stereocenters. The molecule has 3 nitrogen and oxygen atoms in total. The third kappa shape index (κ3) is 3.37. The maximum Gasteiger partial charge on any atom is 0.315 e. The molecule has 17 heavy (non-hydrogen) atoms. The van der Waals surface area contributed by atoms with E-state index in [2.05, 4.69) is 0 Å². The molecule has 1 saturated heterocycles. The fourth-order valence-corrected chi connectivity index (χ4v) is 2.37. The number of hydrogen-bond acceptors (Lipinski definition) is 2. The van der Waals surface area contributed by atoms with Gasteiger partial charge in [0.25, 0.3) is 5.91 Å². The number of ketones is 1. The summed E-state index contributed by atoms with van der Waals surface area (Å²) in [7, 11) is 0. The van der Waals surface area contributed by atoms with E-state index in [9.17, 15) is 18.4 Å². The van der Waals surface area contributed by atoms with Gasteiger partial charge in [-0.05, 0) is 18.8 Å². The second-order valence-electron chi connectivity index (χ2n) is 4.25. The first-order chi connectivity index (χ1) is 8.01. The third-order valence-corrected chi connectivity index (χ3v) is 3.52. The molecule has 1 amide bonds. The van der Waals surface area contributed by atoms with Crippen molar-refractivity contribution in [1.82, 2.24) is 4.90 Å². The molecule has 0 radical (unpaired) electrons. The number of likely N-dealkylation sites (tertiary alicyclic amines) is 1. The zero-order valence-electron chi connectivity index (χ0n) is 9.67. The summed E-state index contributed by atoms with van der Waals surface area (Å²) in [4.78, 5) is 23.9. The number of carbonyl (C=O) groups is 2. The monoisotopic (exact) mass is 267 g/mol. The smallest absolute Gasteiger partial charge is 0.315 e. The standard InChI is InChI=1S/C11H16ClF2NO2/c1-2-7-3-4-15(11(17)10(13)14)8(5-7)9(16)6-12/h7-8,10H,2-6H2,1H3. The molecule has 0 saturated carbocycles. The third-order valence-electron chi connectivity index (χ3n) is 3.26. The number of alkyl halides is 3. The van der Waals surface area contributed by atoms with Gasteiger partial charge in [0.05, 0.1) is 11.9 Å². The summed E-state index contributed by atoms with van der Waals surface area (Å²) in [5, 5.41) is 0. The fourth-order valence-electron chi connectivity index (χ4n) is 2.19. The van der Waals surface area contributed by atoms with Gasteiger partial charge in [-0.25, -0.2) is 0 Å². The molecular weight excluding hydrogens is 252 g/mol. The number of hydrogen-bond donors (Lipinski definition) is 0. The zero-order chi connectivity index (χ0) is 13.0. The number of carbonyl (C=O) groups excluding carboxylic acids is 2. The normalized spacial score (nSPS) is 25.1. The average molecular weight is 268 g/mol. The van der Waals surface area contributed by atoms with E-state index in [1.165, 1.54) is 0 Å². The van der Waals surface area contributed by atoms with E-state index >= 15 is 0 Å². The fraction of sp³-hybridized carbons (Fsp3) is 0.818. The first-order valence-electron chi connectivity index (χ1n) is 5.68. The van der Waals surface area contributed by atoms with E-state index in [1.807, 2.05) is 6.92 Å². The van der Waals surface area contributed by atoms with Gasteiger partial charge in [-0.1, -0.05) is 13.3 Å². The summed E-state index contributed by atoms with van der Waals surface area (Å²) in [6.45, 7) is 2.20. The van der Waals surface area contributed by atoms with E-state index in [4.69, 9.17) is 11.6 Å². The van der Waals surface area contributed by atoms with E-state index in [1.54, 1.807) is 0 Å². The second kappa shape index (κ2) is 6.28. The van der Waals surface area contributed by atoms with Gasteiger partial charge in [0.15, 0.2) is 5.78 Å². The van der Waals surface area contributed by atoms with Crippen LogP contribution in [0, 0.1) is 5.92 Å². The van der Waals surface area contributed by atoms with Crippen LogP contribution in [0.4, 0.5) is 8.78 Å². The Morgan fingerprint density at radius 3 is 2.59 bits per heavy atom. The van der Waals surface area contributed by atoms with Crippen molar-refractivity contribution in [2.24, 2.45) is 5.92 Å². The van der Waals surface area contributed by atoms with E-state index in [-0.39, 0.29) is 18.2 Å². The maximum atomic E-state index is 12.4. The van der Waals surface area contributed by atoms with Crippen LogP contribution in [0.15, 0.2) is 0 Å². The van der Waals surface area contributed by atoms with Crippen LogP contribution < -0.4 is 0 Å². The van der Waals surface area contributed by atoms with Crippen molar-refractivity contribution in [3.8, 4) is 0 Å². The second-order valence-corrected chi connectivity index (χ2v) is 4.51. The Kier molecular flexibility index (Phi) is 5.31. The summed E-state index contributed by atoms with van der Waals surface area (Å²) in [5.74, 6) is -1.55. The lowest BCUT2D eigenvalue weighted by molar-refractivity contribution is -0.151. The Hall–Kier alpha value is -0.710. The molecule has 0 aromatic rings. The predicted octanol–water partition coefficient (Wildman–Crippen LogP) is 2.08. The van der Waals surface area contributed by atoms with Gasteiger partial charge in [0.1, 0.15) is 0 Å². The molecule has 0 aromatic heterocycles. The van der Waals surface area contributed by atoms with Crippen LogP contribution in [0.2, 0.25) is 0 Å². The quantitative estimate of drug-likeness (QED) is 0.732. The zero-order valence-corrected chi connectivity index (χ0v) is 10.4. The number of nitrogens with zero attached hydrogens (tertiary/aromatic N) is 1. The molecule has 0 bridgehead atoms. The van der Waals surface area contributed by atoms with Gasteiger partial charge in [-0.2, -0.15) is 8.78 Å². The molecule has 0 N–H and O–H groups in total. The maximum absolute atomic E-state index is 12.4. The molecule has 1 aliphatic rings. The van der Waals surface area contributed by atoms with Crippen LogP contribution in [0.5, 0.6) is 0 Å². The van der Waals surface area contributed by atoms with E-state index in [0.29, 0.717) is 18.8 Å². The Morgan fingerprint density at radius 2 is 2.12 bits per heavy atom. The summed E-state index contributed by atoms with van der Waals surface area (Å²) in [6.07, 6.45) is -1.07. The number of halogens is 3. The lowest BCUT2D eigenvalue weighted by atomic mass is 9.87. The molecule has 2 unspecified atom stereocenters. The number of amides is 1. The van der Waals surface area contributed by atoms with Crippen LogP contribution in [0.1, 0.15) is 26.2 Å². The van der Waals surface area contributed by atoms with Gasteiger partial charge >= 0.3 is 6.43 Å². The highest BCUT2D eigenvalue weighted by Crippen LogP contribution is 2.27. The highest BCUT2D eigenvalue weighted by atomic mass is 35.5. The van der Waals surface area contributed by atoms with E-state index < -0.39 is 18.4 Å². The largest absolute Gasteiger partial charge is 0.328 e. The molecule has 0 aromatic carbocycles. The predicted molar refractivity (Wildman–Crippen MR) is 60.2 cm³/mol. The summed E-state index contributed by atoms with van der Waals surface area (Å²) < 4.78 is 24.8. The Labute approximate surface area is 104 Å². The highest BCUT2D eigenvalue weighted by Gasteiger charge is 2.37. The minimum atomic E-state index is -3.06. The van der Waals surface area contributed by atoms with Crippen molar-refractivity contribution in [2.45, 2.75) is 38.7 Å². The SMILES string of the molecule is CCC1CCN(C(=O)C(F)F)C(C(=O)CCl)C1. The van der Waals surface area contributed by atoms with Crippen molar-refractivity contribution in [3.05, 3.63) is 0 Å². The van der Waals surface area contributed by atoms with Gasteiger partial charge < -0.3 is 4.90 Å². The topological polar surface area (TPSA) is 37.4 Å². The lowest BCUT2D eigenvalue weighted by Gasteiger charge is -2.38. The average Bonchev–Trinajstić information content (AvgIpc) is 2.35. The Balaban J connectivity index is 2.80. The van der Waals surface area contributed by atoms with Crippen molar-refractivity contribution in [1.29, 1.82) is 0 Å².